The summed E-state index contributed by atoms with van der Waals surface area (Å²) in [5, 5.41) is 11.6. The van der Waals surface area contributed by atoms with Crippen molar-refractivity contribution in [2.45, 2.75) is 19.9 Å². The minimum Gasteiger partial charge on any atom is -0.481 e. The van der Waals surface area contributed by atoms with Gasteiger partial charge in [-0.25, -0.2) is 0 Å². The van der Waals surface area contributed by atoms with Crippen LogP contribution < -0.4 is 5.32 Å². The fourth-order valence-corrected chi connectivity index (χ4v) is 2.66. The Morgan fingerprint density at radius 1 is 1.30 bits per heavy atom. The van der Waals surface area contributed by atoms with E-state index in [1.165, 1.54) is 11.8 Å². The summed E-state index contributed by atoms with van der Waals surface area (Å²) >= 11 is 4.70. The molecule has 0 fully saturated rings. The van der Waals surface area contributed by atoms with E-state index in [1.54, 1.807) is 6.92 Å². The molecule has 2 atom stereocenters. The third kappa shape index (κ3) is 5.96. The van der Waals surface area contributed by atoms with Crippen LogP contribution in [0.25, 0.3) is 0 Å². The number of nitrogens with one attached hydrogen (secondary N) is 1. The van der Waals surface area contributed by atoms with Crippen molar-refractivity contribution in [3.8, 4) is 0 Å². The number of halogens is 1. The van der Waals surface area contributed by atoms with Crippen LogP contribution in [0.15, 0.2) is 28.7 Å². The molecule has 0 radical (unpaired) electrons. The van der Waals surface area contributed by atoms with E-state index in [2.05, 4.69) is 21.2 Å². The number of amides is 1. The van der Waals surface area contributed by atoms with Gasteiger partial charge in [-0.2, -0.15) is 11.8 Å². The lowest BCUT2D eigenvalue weighted by atomic mass is 10.1. The first-order chi connectivity index (χ1) is 9.40. The van der Waals surface area contributed by atoms with Gasteiger partial charge in [0.05, 0.1) is 17.7 Å². The molecular formula is C14H18BrNO3S. The van der Waals surface area contributed by atoms with E-state index in [4.69, 9.17) is 5.11 Å². The highest BCUT2D eigenvalue weighted by Gasteiger charge is 2.13. The van der Waals surface area contributed by atoms with Gasteiger partial charge in [0.2, 0.25) is 5.91 Å². The lowest BCUT2D eigenvalue weighted by Crippen LogP contribution is -2.28. The van der Waals surface area contributed by atoms with E-state index in [0.717, 1.165) is 10.0 Å². The molecule has 1 rings (SSSR count). The molecule has 0 aromatic heterocycles. The zero-order valence-electron chi connectivity index (χ0n) is 11.4. The number of hydrogen-bond donors (Lipinski definition) is 2. The number of hydrogen-bond acceptors (Lipinski definition) is 3. The van der Waals surface area contributed by atoms with Crippen LogP contribution in [0.1, 0.15) is 25.5 Å². The van der Waals surface area contributed by atoms with Gasteiger partial charge in [-0.15, -0.1) is 0 Å². The predicted molar refractivity (Wildman–Crippen MR) is 84.8 cm³/mol. The van der Waals surface area contributed by atoms with Gasteiger partial charge in [0.15, 0.2) is 0 Å². The molecule has 1 aromatic rings. The smallest absolute Gasteiger partial charge is 0.307 e. The Kier molecular flexibility index (Phi) is 7.09. The van der Waals surface area contributed by atoms with Gasteiger partial charge in [0.25, 0.3) is 0 Å². The van der Waals surface area contributed by atoms with Gasteiger partial charge in [-0.1, -0.05) is 35.0 Å². The summed E-state index contributed by atoms with van der Waals surface area (Å²) in [5.41, 5.74) is 1.03. The second-order valence-electron chi connectivity index (χ2n) is 4.60. The summed E-state index contributed by atoms with van der Waals surface area (Å²) < 4.78 is 0.998. The Morgan fingerprint density at radius 2 is 1.90 bits per heavy atom. The molecular weight excluding hydrogens is 342 g/mol. The average molecular weight is 360 g/mol. The monoisotopic (exact) mass is 359 g/mol. The van der Waals surface area contributed by atoms with Crippen molar-refractivity contribution in [1.82, 2.24) is 5.32 Å². The second-order valence-corrected chi connectivity index (χ2v) is 6.54. The number of carboxylic acids is 1. The number of carbonyl (C=O) groups is 2. The second kappa shape index (κ2) is 8.32. The normalized spacial score (nSPS) is 13.6. The molecule has 1 amide bonds. The van der Waals surface area contributed by atoms with Crippen LogP contribution in [0.3, 0.4) is 0 Å². The van der Waals surface area contributed by atoms with Crippen LogP contribution in [0, 0.1) is 5.92 Å². The molecule has 0 bridgehead atoms. The Labute approximate surface area is 131 Å². The molecule has 0 saturated heterocycles. The minimum atomic E-state index is -0.832. The quantitative estimate of drug-likeness (QED) is 0.784. The summed E-state index contributed by atoms with van der Waals surface area (Å²) in [7, 11) is 0. The molecule has 0 spiro atoms. The molecule has 0 aliphatic rings. The van der Waals surface area contributed by atoms with Crippen molar-refractivity contribution in [2.24, 2.45) is 5.92 Å². The molecule has 1 aromatic carbocycles. The van der Waals surface area contributed by atoms with Crippen LogP contribution in [-0.2, 0) is 9.59 Å². The molecule has 20 heavy (non-hydrogen) atoms. The summed E-state index contributed by atoms with van der Waals surface area (Å²) in [6.45, 7) is 3.56. The highest BCUT2D eigenvalue weighted by atomic mass is 79.9. The molecule has 0 heterocycles. The summed E-state index contributed by atoms with van der Waals surface area (Å²) in [5.74, 6) is -0.630. The molecule has 2 N–H and O–H groups in total. The first-order valence-electron chi connectivity index (χ1n) is 6.25. The molecule has 0 saturated carbocycles. The number of carbonyl (C=O) groups excluding carboxylic acids is 1. The summed E-state index contributed by atoms with van der Waals surface area (Å²) in [6, 6.07) is 7.71. The maximum atomic E-state index is 11.8. The summed E-state index contributed by atoms with van der Waals surface area (Å²) in [6.07, 6.45) is 0. The van der Waals surface area contributed by atoms with E-state index in [-0.39, 0.29) is 17.7 Å². The predicted octanol–water partition coefficient (Wildman–Crippen LogP) is 3.08. The largest absolute Gasteiger partial charge is 0.481 e. The standard InChI is InChI=1S/C14H18BrNO3S/c1-9(14(18)19)7-20-8-13(17)16-10(2)11-3-5-12(15)6-4-11/h3-6,9-10H,7-8H2,1-2H3,(H,16,17)(H,18,19). The van der Waals surface area contributed by atoms with E-state index < -0.39 is 11.9 Å². The van der Waals surface area contributed by atoms with Crippen molar-refractivity contribution in [3.63, 3.8) is 0 Å². The van der Waals surface area contributed by atoms with Crippen molar-refractivity contribution in [1.29, 1.82) is 0 Å². The zero-order valence-corrected chi connectivity index (χ0v) is 13.8. The number of rotatable bonds is 7. The number of carboxylic acid groups (broad SMARTS) is 1. The van der Waals surface area contributed by atoms with Crippen molar-refractivity contribution >= 4 is 39.6 Å². The molecule has 110 valence electrons. The van der Waals surface area contributed by atoms with Crippen molar-refractivity contribution < 1.29 is 14.7 Å². The number of thioether (sulfide) groups is 1. The van der Waals surface area contributed by atoms with Gasteiger partial charge in [-0.05, 0) is 24.6 Å². The SMILES string of the molecule is CC(CSCC(=O)NC(C)c1ccc(Br)cc1)C(=O)O. The molecule has 2 unspecified atom stereocenters. The first-order valence-corrected chi connectivity index (χ1v) is 8.20. The van der Waals surface area contributed by atoms with E-state index >= 15 is 0 Å². The lowest BCUT2D eigenvalue weighted by molar-refractivity contribution is -0.140. The Balaban J connectivity index is 2.35. The zero-order chi connectivity index (χ0) is 15.1. The highest BCUT2D eigenvalue weighted by Crippen LogP contribution is 2.17. The fourth-order valence-electron chi connectivity index (χ4n) is 1.52. The highest BCUT2D eigenvalue weighted by molar-refractivity contribution is 9.10. The van der Waals surface area contributed by atoms with Gasteiger partial charge >= 0.3 is 5.97 Å². The van der Waals surface area contributed by atoms with Crippen LogP contribution in [-0.4, -0.2) is 28.5 Å². The fraction of sp³-hybridized carbons (Fsp3) is 0.429. The van der Waals surface area contributed by atoms with Gasteiger partial charge in [-0.3, -0.25) is 9.59 Å². The van der Waals surface area contributed by atoms with Gasteiger partial charge in [0, 0.05) is 10.2 Å². The van der Waals surface area contributed by atoms with E-state index in [1.807, 2.05) is 31.2 Å². The lowest BCUT2D eigenvalue weighted by Gasteiger charge is -2.14. The van der Waals surface area contributed by atoms with E-state index in [9.17, 15) is 9.59 Å². The van der Waals surface area contributed by atoms with Crippen molar-refractivity contribution in [2.75, 3.05) is 11.5 Å². The van der Waals surface area contributed by atoms with Crippen LogP contribution in [0.2, 0.25) is 0 Å². The van der Waals surface area contributed by atoms with E-state index in [0.29, 0.717) is 5.75 Å². The molecule has 6 heteroatoms. The minimum absolute atomic E-state index is 0.0619. The molecule has 4 nitrogen and oxygen atoms in total. The van der Waals surface area contributed by atoms with Crippen molar-refractivity contribution in [3.05, 3.63) is 34.3 Å². The Morgan fingerprint density at radius 3 is 2.45 bits per heavy atom. The summed E-state index contributed by atoms with van der Waals surface area (Å²) in [4.78, 5) is 22.4. The first kappa shape index (κ1) is 17.0. The van der Waals surface area contributed by atoms with Crippen LogP contribution >= 0.6 is 27.7 Å². The maximum absolute atomic E-state index is 11.8. The molecule has 0 aliphatic carbocycles. The van der Waals surface area contributed by atoms with Crippen LogP contribution in [0.5, 0.6) is 0 Å². The number of benzene rings is 1. The Hall–Kier alpha value is -1.01. The van der Waals surface area contributed by atoms with Gasteiger partial charge in [0.1, 0.15) is 0 Å². The number of aliphatic carboxylic acids is 1. The topological polar surface area (TPSA) is 66.4 Å². The molecule has 0 aliphatic heterocycles. The third-order valence-corrected chi connectivity index (χ3v) is 4.50. The maximum Gasteiger partial charge on any atom is 0.307 e. The Bertz CT molecular complexity index is 464. The van der Waals surface area contributed by atoms with Gasteiger partial charge < -0.3 is 10.4 Å². The van der Waals surface area contributed by atoms with Crippen LogP contribution in [0.4, 0.5) is 0 Å². The average Bonchev–Trinajstić information content (AvgIpc) is 2.39. The third-order valence-electron chi connectivity index (χ3n) is 2.77.